The van der Waals surface area contributed by atoms with Crippen LogP contribution >= 0.6 is 15.9 Å². The predicted octanol–water partition coefficient (Wildman–Crippen LogP) is 3.07. The number of aromatic hydroxyl groups is 1. The summed E-state index contributed by atoms with van der Waals surface area (Å²) in [5.74, 6) is -0.835. The predicted molar refractivity (Wildman–Crippen MR) is 105 cm³/mol. The molecule has 0 saturated heterocycles. The van der Waals surface area contributed by atoms with Gasteiger partial charge in [0.2, 0.25) is 5.69 Å². The summed E-state index contributed by atoms with van der Waals surface area (Å²) < 4.78 is 2.23. The topological polar surface area (TPSA) is 123 Å². The van der Waals surface area contributed by atoms with E-state index < -0.39 is 16.5 Å². The Morgan fingerprint density at radius 3 is 2.68 bits per heavy atom. The SMILES string of the molecule is O=C(N/N=C\c1ccccc1O)c1nn(Cc2ccc(Br)cc2)cc1[N+](=O)[O-]. The number of para-hydroxylation sites is 1. The Labute approximate surface area is 167 Å². The maximum Gasteiger partial charge on any atom is 0.320 e. The van der Waals surface area contributed by atoms with Crippen LogP contribution in [0.25, 0.3) is 0 Å². The number of halogens is 1. The molecule has 0 radical (unpaired) electrons. The number of benzene rings is 2. The Morgan fingerprint density at radius 1 is 1.29 bits per heavy atom. The van der Waals surface area contributed by atoms with Crippen molar-refractivity contribution in [2.24, 2.45) is 5.10 Å². The zero-order valence-electron chi connectivity index (χ0n) is 14.3. The molecule has 10 heteroatoms. The van der Waals surface area contributed by atoms with Crippen LogP contribution in [0.4, 0.5) is 5.69 Å². The van der Waals surface area contributed by atoms with Crippen molar-refractivity contribution in [2.45, 2.75) is 6.54 Å². The fourth-order valence-corrected chi connectivity index (χ4v) is 2.64. The molecule has 28 heavy (non-hydrogen) atoms. The standard InChI is InChI=1S/C18H14BrN5O4/c19-14-7-5-12(6-8-14)10-23-11-15(24(27)28)17(22-23)18(26)21-20-9-13-3-1-2-4-16(13)25/h1-9,11,25H,10H2,(H,21,26)/b20-9-. The monoisotopic (exact) mass is 443 g/mol. The summed E-state index contributed by atoms with van der Waals surface area (Å²) in [6.45, 7) is 0.266. The van der Waals surface area contributed by atoms with Crippen molar-refractivity contribution >= 4 is 33.7 Å². The van der Waals surface area contributed by atoms with E-state index in [-0.39, 0.29) is 18.0 Å². The zero-order chi connectivity index (χ0) is 20.1. The second kappa shape index (κ2) is 8.44. The maximum atomic E-state index is 12.3. The molecular formula is C18H14BrN5O4. The number of hydrogen-bond acceptors (Lipinski definition) is 6. The van der Waals surface area contributed by atoms with E-state index in [0.29, 0.717) is 5.56 Å². The lowest BCUT2D eigenvalue weighted by molar-refractivity contribution is -0.385. The van der Waals surface area contributed by atoms with Gasteiger partial charge in [-0.3, -0.25) is 19.6 Å². The number of rotatable bonds is 6. The molecule has 0 aliphatic rings. The number of phenolic OH excluding ortho intramolecular Hbond substituents is 1. The van der Waals surface area contributed by atoms with Gasteiger partial charge in [-0.1, -0.05) is 40.2 Å². The number of amides is 1. The number of carbonyl (C=O) groups is 1. The van der Waals surface area contributed by atoms with Crippen molar-refractivity contribution in [1.29, 1.82) is 0 Å². The van der Waals surface area contributed by atoms with E-state index >= 15 is 0 Å². The summed E-state index contributed by atoms with van der Waals surface area (Å²) in [6, 6.07) is 13.8. The molecular weight excluding hydrogens is 430 g/mol. The van der Waals surface area contributed by atoms with Gasteiger partial charge in [0.1, 0.15) is 11.9 Å². The summed E-state index contributed by atoms with van der Waals surface area (Å²) in [4.78, 5) is 22.9. The van der Waals surface area contributed by atoms with Crippen molar-refractivity contribution in [1.82, 2.24) is 15.2 Å². The van der Waals surface area contributed by atoms with Gasteiger partial charge in [-0.05, 0) is 29.8 Å². The van der Waals surface area contributed by atoms with E-state index in [2.05, 4.69) is 31.6 Å². The van der Waals surface area contributed by atoms with E-state index in [1.807, 2.05) is 24.3 Å². The van der Waals surface area contributed by atoms with E-state index in [4.69, 9.17) is 0 Å². The van der Waals surface area contributed by atoms with E-state index in [0.717, 1.165) is 10.0 Å². The molecule has 1 aromatic heterocycles. The van der Waals surface area contributed by atoms with Crippen molar-refractivity contribution in [3.63, 3.8) is 0 Å². The van der Waals surface area contributed by atoms with Crippen molar-refractivity contribution in [3.05, 3.63) is 86.1 Å². The van der Waals surface area contributed by atoms with E-state index in [1.165, 1.54) is 23.2 Å². The molecule has 0 aliphatic heterocycles. The minimum Gasteiger partial charge on any atom is -0.507 e. The lowest BCUT2D eigenvalue weighted by Crippen LogP contribution is -2.19. The first-order valence-electron chi connectivity index (χ1n) is 8.01. The quantitative estimate of drug-likeness (QED) is 0.344. The molecule has 1 amide bonds. The summed E-state index contributed by atoms with van der Waals surface area (Å²) in [5.41, 5.74) is 2.67. The Balaban J connectivity index is 1.77. The lowest BCUT2D eigenvalue weighted by atomic mass is 10.2. The lowest BCUT2D eigenvalue weighted by Gasteiger charge is -2.01. The number of phenols is 1. The number of hydrogen-bond donors (Lipinski definition) is 2. The van der Waals surface area contributed by atoms with Gasteiger partial charge in [0.25, 0.3) is 5.91 Å². The number of nitrogens with one attached hydrogen (secondary N) is 1. The fourth-order valence-electron chi connectivity index (χ4n) is 2.37. The molecule has 0 unspecified atom stereocenters. The highest BCUT2D eigenvalue weighted by atomic mass is 79.9. The van der Waals surface area contributed by atoms with Gasteiger partial charge in [0.15, 0.2) is 0 Å². The zero-order valence-corrected chi connectivity index (χ0v) is 15.9. The molecule has 2 aromatic carbocycles. The van der Waals surface area contributed by atoms with E-state index in [9.17, 15) is 20.0 Å². The second-order valence-electron chi connectivity index (χ2n) is 5.70. The van der Waals surface area contributed by atoms with Gasteiger partial charge in [-0.15, -0.1) is 0 Å². The molecule has 0 bridgehead atoms. The Morgan fingerprint density at radius 2 is 2.00 bits per heavy atom. The van der Waals surface area contributed by atoms with Gasteiger partial charge in [0.05, 0.1) is 17.7 Å². The third kappa shape index (κ3) is 4.60. The summed E-state index contributed by atoms with van der Waals surface area (Å²) >= 11 is 3.34. The van der Waals surface area contributed by atoms with Crippen LogP contribution in [0.3, 0.4) is 0 Å². The molecule has 3 rings (SSSR count). The number of nitro groups is 1. The summed E-state index contributed by atoms with van der Waals surface area (Å²) in [5, 5.41) is 28.7. The minimum absolute atomic E-state index is 0.00902. The van der Waals surface area contributed by atoms with Crippen LogP contribution in [-0.4, -0.2) is 31.9 Å². The van der Waals surface area contributed by atoms with Crippen molar-refractivity contribution in [2.75, 3.05) is 0 Å². The first kappa shape index (κ1) is 19.2. The maximum absolute atomic E-state index is 12.3. The van der Waals surface area contributed by atoms with Crippen LogP contribution in [-0.2, 0) is 6.54 Å². The molecule has 0 saturated carbocycles. The molecule has 1 heterocycles. The largest absolute Gasteiger partial charge is 0.507 e. The van der Waals surface area contributed by atoms with Gasteiger partial charge in [-0.25, -0.2) is 5.43 Å². The van der Waals surface area contributed by atoms with Crippen molar-refractivity contribution < 1.29 is 14.8 Å². The van der Waals surface area contributed by atoms with Crippen LogP contribution in [0.2, 0.25) is 0 Å². The Kier molecular flexibility index (Phi) is 5.80. The third-order valence-electron chi connectivity index (χ3n) is 3.72. The number of aromatic nitrogens is 2. The Bertz CT molecular complexity index is 1050. The minimum atomic E-state index is -0.826. The summed E-state index contributed by atoms with van der Waals surface area (Å²) in [6.07, 6.45) is 2.43. The molecule has 0 fully saturated rings. The first-order valence-corrected chi connectivity index (χ1v) is 8.81. The third-order valence-corrected chi connectivity index (χ3v) is 4.25. The molecule has 2 N–H and O–H groups in total. The smallest absolute Gasteiger partial charge is 0.320 e. The highest BCUT2D eigenvalue weighted by molar-refractivity contribution is 9.10. The first-order chi connectivity index (χ1) is 13.4. The fraction of sp³-hybridized carbons (Fsp3) is 0.0556. The van der Waals surface area contributed by atoms with Gasteiger partial charge >= 0.3 is 5.69 Å². The Hall–Kier alpha value is -3.53. The van der Waals surface area contributed by atoms with Gasteiger partial charge in [0, 0.05) is 10.0 Å². The van der Waals surface area contributed by atoms with Crippen LogP contribution < -0.4 is 5.43 Å². The second-order valence-corrected chi connectivity index (χ2v) is 6.62. The van der Waals surface area contributed by atoms with Crippen LogP contribution in [0.15, 0.2) is 64.3 Å². The van der Waals surface area contributed by atoms with Crippen LogP contribution in [0.5, 0.6) is 5.75 Å². The van der Waals surface area contributed by atoms with Crippen LogP contribution in [0.1, 0.15) is 21.6 Å². The average molecular weight is 444 g/mol. The van der Waals surface area contributed by atoms with Gasteiger partial charge in [-0.2, -0.15) is 10.2 Å². The molecule has 0 atom stereocenters. The summed E-state index contributed by atoms with van der Waals surface area (Å²) in [7, 11) is 0. The number of nitrogens with zero attached hydrogens (tertiary/aromatic N) is 4. The number of carbonyl (C=O) groups excluding carboxylic acids is 1. The highest BCUT2D eigenvalue weighted by Crippen LogP contribution is 2.18. The normalized spacial score (nSPS) is 10.9. The van der Waals surface area contributed by atoms with E-state index in [1.54, 1.807) is 18.2 Å². The molecule has 0 spiro atoms. The van der Waals surface area contributed by atoms with Gasteiger partial charge < -0.3 is 5.11 Å². The highest BCUT2D eigenvalue weighted by Gasteiger charge is 2.25. The number of hydrazone groups is 1. The van der Waals surface area contributed by atoms with Crippen LogP contribution in [0, 0.1) is 10.1 Å². The molecule has 142 valence electrons. The van der Waals surface area contributed by atoms with Crippen molar-refractivity contribution in [3.8, 4) is 5.75 Å². The average Bonchev–Trinajstić information content (AvgIpc) is 3.09. The molecule has 3 aromatic rings. The molecule has 9 nitrogen and oxygen atoms in total. The molecule has 0 aliphatic carbocycles.